The Morgan fingerprint density at radius 1 is 1.27 bits per heavy atom. The third-order valence-corrected chi connectivity index (χ3v) is 6.96. The average Bonchev–Trinajstić information content (AvgIpc) is 3.63. The van der Waals surface area contributed by atoms with Crippen LogP contribution in [0.25, 0.3) is 33.5 Å². The van der Waals surface area contributed by atoms with Crippen LogP contribution in [0.15, 0.2) is 47.2 Å². The van der Waals surface area contributed by atoms with Gasteiger partial charge in [0.25, 0.3) is 5.91 Å². The van der Waals surface area contributed by atoms with Crippen molar-refractivity contribution in [3.05, 3.63) is 59.7 Å². The van der Waals surface area contributed by atoms with Crippen molar-refractivity contribution >= 4 is 27.8 Å². The summed E-state index contributed by atoms with van der Waals surface area (Å²) in [6.07, 6.45) is 2.05. The van der Waals surface area contributed by atoms with Gasteiger partial charge >= 0.3 is 0 Å². The van der Waals surface area contributed by atoms with Crippen LogP contribution < -0.4 is 10.5 Å². The van der Waals surface area contributed by atoms with Crippen LogP contribution in [0, 0.1) is 0 Å². The SMILES string of the molecule is COc1cccc2cc(-c3nc4cc5c(cc4n3C)CCN(C[C@H](N)CF)C5=O)n(Cc3ncno3)c12. The van der Waals surface area contributed by atoms with Crippen molar-refractivity contribution in [2.45, 2.75) is 19.0 Å². The molecule has 5 aromatic rings. The van der Waals surface area contributed by atoms with Gasteiger partial charge in [0.05, 0.1) is 35.4 Å². The molecule has 0 saturated heterocycles. The van der Waals surface area contributed by atoms with Gasteiger partial charge in [0.15, 0.2) is 12.2 Å². The average molecular weight is 504 g/mol. The molecule has 2 N–H and O–H groups in total. The summed E-state index contributed by atoms with van der Waals surface area (Å²) in [5.74, 6) is 1.75. The largest absolute Gasteiger partial charge is 0.495 e. The predicted octanol–water partition coefficient (Wildman–Crippen LogP) is 2.93. The van der Waals surface area contributed by atoms with Crippen LogP contribution in [-0.4, -0.2) is 68.0 Å². The molecule has 2 aromatic carbocycles. The summed E-state index contributed by atoms with van der Waals surface area (Å²) in [5.41, 5.74) is 10.6. The van der Waals surface area contributed by atoms with E-state index in [1.165, 1.54) is 6.33 Å². The molecule has 11 heteroatoms. The first-order valence-corrected chi connectivity index (χ1v) is 12.0. The number of fused-ring (bicyclic) bond motifs is 3. The van der Waals surface area contributed by atoms with Gasteiger partial charge in [-0.05, 0) is 36.2 Å². The molecule has 1 atom stereocenters. The molecule has 0 radical (unpaired) electrons. The van der Waals surface area contributed by atoms with Gasteiger partial charge in [-0.2, -0.15) is 4.98 Å². The Kier molecular flexibility index (Phi) is 5.64. The van der Waals surface area contributed by atoms with Crippen molar-refractivity contribution in [2.24, 2.45) is 12.8 Å². The molecule has 37 heavy (non-hydrogen) atoms. The van der Waals surface area contributed by atoms with Crippen molar-refractivity contribution in [1.29, 1.82) is 0 Å². The molecule has 0 unspecified atom stereocenters. The number of carbonyl (C=O) groups is 1. The van der Waals surface area contributed by atoms with Gasteiger partial charge in [-0.25, -0.2) is 9.37 Å². The van der Waals surface area contributed by atoms with E-state index in [4.69, 9.17) is 20.0 Å². The van der Waals surface area contributed by atoms with E-state index in [0.29, 0.717) is 36.5 Å². The van der Waals surface area contributed by atoms with Crippen molar-refractivity contribution in [2.75, 3.05) is 26.9 Å². The first kappa shape index (κ1) is 23.2. The lowest BCUT2D eigenvalue weighted by atomic mass is 9.97. The highest BCUT2D eigenvalue weighted by Crippen LogP contribution is 2.36. The topological polar surface area (TPSA) is 117 Å². The van der Waals surface area contributed by atoms with E-state index in [1.807, 2.05) is 46.5 Å². The Hall–Kier alpha value is -4.25. The molecule has 3 aromatic heterocycles. The van der Waals surface area contributed by atoms with Crippen LogP contribution in [0.2, 0.25) is 0 Å². The number of methoxy groups -OCH3 is 1. The Morgan fingerprint density at radius 3 is 2.89 bits per heavy atom. The number of halogens is 1. The van der Waals surface area contributed by atoms with Crippen molar-refractivity contribution in [3.63, 3.8) is 0 Å². The molecule has 10 nitrogen and oxygen atoms in total. The van der Waals surface area contributed by atoms with Gasteiger partial charge in [0.2, 0.25) is 5.89 Å². The van der Waals surface area contributed by atoms with Crippen LogP contribution >= 0.6 is 0 Å². The van der Waals surface area contributed by atoms with Crippen molar-refractivity contribution in [1.82, 2.24) is 29.2 Å². The molecule has 0 bridgehead atoms. The zero-order chi connectivity index (χ0) is 25.7. The lowest BCUT2D eigenvalue weighted by Gasteiger charge is -2.30. The highest BCUT2D eigenvalue weighted by atomic mass is 19.1. The molecule has 6 rings (SSSR count). The van der Waals surface area contributed by atoms with Gasteiger partial charge < -0.3 is 29.0 Å². The molecule has 0 saturated carbocycles. The molecular formula is C26H26FN7O3. The number of nitrogens with two attached hydrogens (primary N) is 1. The second-order valence-electron chi connectivity index (χ2n) is 9.26. The Morgan fingerprint density at radius 2 is 2.14 bits per heavy atom. The quantitative estimate of drug-likeness (QED) is 0.363. The van der Waals surface area contributed by atoms with Crippen LogP contribution in [0.3, 0.4) is 0 Å². The number of carbonyl (C=O) groups excluding carboxylic acids is 1. The third-order valence-electron chi connectivity index (χ3n) is 6.96. The summed E-state index contributed by atoms with van der Waals surface area (Å²) in [4.78, 5) is 23.9. The predicted molar refractivity (Wildman–Crippen MR) is 135 cm³/mol. The maximum atomic E-state index is 13.2. The highest BCUT2D eigenvalue weighted by molar-refractivity contribution is 6.01. The minimum atomic E-state index is -0.687. The van der Waals surface area contributed by atoms with Crippen LogP contribution in [-0.2, 0) is 20.0 Å². The zero-order valence-corrected chi connectivity index (χ0v) is 20.5. The van der Waals surface area contributed by atoms with Gasteiger partial charge in [0.1, 0.15) is 19.0 Å². The lowest BCUT2D eigenvalue weighted by Crippen LogP contribution is -2.45. The number of amides is 1. The molecule has 0 fully saturated rings. The highest BCUT2D eigenvalue weighted by Gasteiger charge is 2.28. The number of hydrogen-bond donors (Lipinski definition) is 1. The normalized spacial score (nSPS) is 14.5. The molecule has 0 spiro atoms. The molecule has 1 aliphatic rings. The number of ether oxygens (including phenoxy) is 1. The fraction of sp³-hybridized carbons (Fsp3) is 0.308. The van der Waals surface area contributed by atoms with Crippen LogP contribution in [0.1, 0.15) is 21.8 Å². The standard InChI is InChI=1S/C26H26FN7O3/c1-32-20-8-15-6-7-33(12-17(28)11-27)26(35)18(15)10-19(20)31-25(32)21-9-16-4-3-5-22(36-2)24(16)34(21)13-23-29-14-30-37-23/h3-5,8-10,14,17H,6-7,11-13,28H2,1-2H3/t17-/m1/s1. The van der Waals surface area contributed by atoms with E-state index in [0.717, 1.165) is 39.3 Å². The third kappa shape index (κ3) is 3.82. The fourth-order valence-electron chi connectivity index (χ4n) is 5.16. The van der Waals surface area contributed by atoms with Gasteiger partial charge in [-0.15, -0.1) is 0 Å². The van der Waals surface area contributed by atoms with Gasteiger partial charge in [-0.3, -0.25) is 4.79 Å². The Bertz CT molecular complexity index is 1620. The number of nitrogens with zero attached hydrogens (tertiary/aromatic N) is 6. The summed E-state index contributed by atoms with van der Waals surface area (Å²) >= 11 is 0. The summed E-state index contributed by atoms with van der Waals surface area (Å²) in [5, 5.41) is 4.73. The maximum absolute atomic E-state index is 13.2. The first-order valence-electron chi connectivity index (χ1n) is 12.0. The number of hydrogen-bond acceptors (Lipinski definition) is 7. The molecule has 190 valence electrons. The number of para-hydroxylation sites is 1. The lowest BCUT2D eigenvalue weighted by molar-refractivity contribution is 0.0725. The number of benzene rings is 2. The second-order valence-corrected chi connectivity index (χ2v) is 9.26. The zero-order valence-electron chi connectivity index (χ0n) is 20.5. The molecule has 4 heterocycles. The second kappa shape index (κ2) is 9.00. The molecule has 1 amide bonds. The molecule has 1 aliphatic heterocycles. The van der Waals surface area contributed by atoms with E-state index in [1.54, 1.807) is 12.0 Å². The Labute approximate surface area is 211 Å². The van der Waals surface area contributed by atoms with E-state index >= 15 is 0 Å². The summed E-state index contributed by atoms with van der Waals surface area (Å²) in [6.45, 7) is 0.370. The smallest absolute Gasteiger partial charge is 0.254 e. The van der Waals surface area contributed by atoms with E-state index in [9.17, 15) is 9.18 Å². The number of rotatable bonds is 7. The van der Waals surface area contributed by atoms with E-state index < -0.39 is 12.7 Å². The van der Waals surface area contributed by atoms with E-state index in [-0.39, 0.29) is 12.5 Å². The summed E-state index contributed by atoms with van der Waals surface area (Å²) in [6, 6.07) is 11.1. The van der Waals surface area contributed by atoms with E-state index in [2.05, 4.69) is 16.2 Å². The summed E-state index contributed by atoms with van der Waals surface area (Å²) in [7, 11) is 3.60. The minimum absolute atomic E-state index is 0.144. The monoisotopic (exact) mass is 503 g/mol. The fourth-order valence-corrected chi connectivity index (χ4v) is 5.16. The van der Waals surface area contributed by atoms with Crippen molar-refractivity contribution in [3.8, 4) is 17.3 Å². The summed E-state index contributed by atoms with van der Waals surface area (Å²) < 4.78 is 28.0. The van der Waals surface area contributed by atoms with Gasteiger partial charge in [-0.1, -0.05) is 17.3 Å². The minimum Gasteiger partial charge on any atom is -0.495 e. The maximum Gasteiger partial charge on any atom is 0.254 e. The number of aromatic nitrogens is 5. The number of imidazole rings is 1. The molecule has 0 aliphatic carbocycles. The van der Waals surface area contributed by atoms with Gasteiger partial charge in [0, 0.05) is 31.1 Å². The molecular weight excluding hydrogens is 477 g/mol. The number of aryl methyl sites for hydroxylation is 1. The Balaban J connectivity index is 1.49. The van der Waals surface area contributed by atoms with Crippen molar-refractivity contribution < 1.29 is 18.4 Å². The first-order chi connectivity index (χ1) is 18.0. The number of alkyl halides is 1. The van der Waals surface area contributed by atoms with Crippen LogP contribution in [0.4, 0.5) is 4.39 Å². The van der Waals surface area contributed by atoms with Crippen LogP contribution in [0.5, 0.6) is 5.75 Å².